The average molecular weight is 299 g/mol. The van der Waals surface area contributed by atoms with Crippen LogP contribution in [0.25, 0.3) is 0 Å². The van der Waals surface area contributed by atoms with Gasteiger partial charge in [-0.15, -0.1) is 0 Å². The average Bonchev–Trinajstić information content (AvgIpc) is 2.57. The molecule has 2 aromatic rings. The second-order valence-electron chi connectivity index (χ2n) is 5.74. The molecule has 0 aliphatic rings. The van der Waals surface area contributed by atoms with E-state index >= 15 is 0 Å². The van der Waals surface area contributed by atoms with Crippen molar-refractivity contribution in [3.63, 3.8) is 0 Å². The van der Waals surface area contributed by atoms with Gasteiger partial charge >= 0.3 is 0 Å². The lowest BCUT2D eigenvalue weighted by atomic mass is 10.2. The zero-order valence-corrected chi connectivity index (χ0v) is 14.4. The number of benzene rings is 2. The molecule has 0 fully saturated rings. The van der Waals surface area contributed by atoms with Gasteiger partial charge in [-0.1, -0.05) is 56.2 Å². The smallest absolute Gasteiger partial charge is 0.0654 e. The van der Waals surface area contributed by atoms with Crippen molar-refractivity contribution >= 4 is 17.9 Å². The number of rotatable bonds is 8. The molecule has 0 radical (unpaired) electrons. The number of hydrogen-bond donors (Lipinski definition) is 0. The molecule has 0 nitrogen and oxygen atoms in total. The highest BCUT2D eigenvalue weighted by atomic mass is 31.2. The highest BCUT2D eigenvalue weighted by Crippen LogP contribution is 2.56. The minimum absolute atomic E-state index is 1.22. The van der Waals surface area contributed by atoms with E-state index in [4.69, 9.17) is 0 Å². The van der Waals surface area contributed by atoms with Crippen molar-refractivity contribution in [2.75, 3.05) is 12.3 Å². The van der Waals surface area contributed by atoms with Crippen LogP contribution in [0.1, 0.15) is 39.5 Å². The Balaban J connectivity index is 2.32. The first-order valence-corrected chi connectivity index (χ1v) is 10.5. The van der Waals surface area contributed by atoms with Gasteiger partial charge in [-0.05, 0) is 44.0 Å². The van der Waals surface area contributed by atoms with Gasteiger partial charge in [-0.2, -0.15) is 0 Å². The molecule has 0 aromatic heterocycles. The van der Waals surface area contributed by atoms with Crippen LogP contribution in [-0.2, 0) is 0 Å². The van der Waals surface area contributed by atoms with E-state index < -0.39 is 7.26 Å². The first kappa shape index (κ1) is 16.2. The van der Waals surface area contributed by atoms with Crippen LogP contribution >= 0.6 is 7.26 Å². The summed E-state index contributed by atoms with van der Waals surface area (Å²) < 4.78 is 0. The Kier molecular flexibility index (Phi) is 6.46. The second kappa shape index (κ2) is 8.35. The van der Waals surface area contributed by atoms with Crippen LogP contribution in [0, 0.1) is 0 Å². The SMILES string of the molecule is CCCCCC[P+](CC)(c1ccccc1)c1ccccc1. The van der Waals surface area contributed by atoms with Crippen molar-refractivity contribution in [2.45, 2.75) is 39.5 Å². The molecule has 0 amide bonds. The largest absolute Gasteiger partial charge is 0.0991 e. The van der Waals surface area contributed by atoms with Gasteiger partial charge in [0.1, 0.15) is 0 Å². The second-order valence-corrected chi connectivity index (χ2v) is 9.79. The third-order valence-corrected chi connectivity index (χ3v) is 9.17. The van der Waals surface area contributed by atoms with Gasteiger partial charge in [-0.3, -0.25) is 0 Å². The zero-order valence-electron chi connectivity index (χ0n) is 13.5. The van der Waals surface area contributed by atoms with E-state index in [-0.39, 0.29) is 0 Å². The van der Waals surface area contributed by atoms with Gasteiger partial charge in [0, 0.05) is 0 Å². The third-order valence-electron chi connectivity index (χ3n) is 4.43. The van der Waals surface area contributed by atoms with Gasteiger partial charge in [-0.25, -0.2) is 0 Å². The third kappa shape index (κ3) is 3.95. The highest BCUT2D eigenvalue weighted by molar-refractivity contribution is 7.89. The summed E-state index contributed by atoms with van der Waals surface area (Å²) in [7, 11) is -1.22. The molecule has 0 saturated carbocycles. The highest BCUT2D eigenvalue weighted by Gasteiger charge is 2.39. The van der Waals surface area contributed by atoms with Crippen LogP contribution in [-0.4, -0.2) is 12.3 Å². The Labute approximate surface area is 130 Å². The lowest BCUT2D eigenvalue weighted by Gasteiger charge is -2.26. The molecular weight excluding hydrogens is 271 g/mol. The molecule has 0 N–H and O–H groups in total. The van der Waals surface area contributed by atoms with Crippen molar-refractivity contribution in [3.05, 3.63) is 60.7 Å². The van der Waals surface area contributed by atoms with Crippen LogP contribution in [0.5, 0.6) is 0 Å². The lowest BCUT2D eigenvalue weighted by molar-refractivity contribution is 0.704. The Hall–Kier alpha value is -1.13. The van der Waals surface area contributed by atoms with E-state index in [1.54, 1.807) is 10.6 Å². The van der Waals surface area contributed by atoms with Crippen molar-refractivity contribution in [1.82, 2.24) is 0 Å². The molecule has 2 aromatic carbocycles. The summed E-state index contributed by atoms with van der Waals surface area (Å²) in [6, 6.07) is 22.5. The van der Waals surface area contributed by atoms with Gasteiger partial charge in [0.15, 0.2) is 0 Å². The maximum absolute atomic E-state index is 2.38. The fourth-order valence-electron chi connectivity index (χ4n) is 3.17. The lowest BCUT2D eigenvalue weighted by Crippen LogP contribution is -2.26. The van der Waals surface area contributed by atoms with E-state index in [0.717, 1.165) is 0 Å². The van der Waals surface area contributed by atoms with E-state index in [2.05, 4.69) is 74.5 Å². The summed E-state index contributed by atoms with van der Waals surface area (Å²) in [5.74, 6) is 0. The molecule has 112 valence electrons. The fraction of sp³-hybridized carbons (Fsp3) is 0.400. The predicted octanol–water partition coefficient (Wildman–Crippen LogP) is 5.26. The molecule has 0 heterocycles. The fourth-order valence-corrected chi connectivity index (χ4v) is 7.28. The molecule has 0 atom stereocenters. The van der Waals surface area contributed by atoms with Crippen LogP contribution in [0.4, 0.5) is 0 Å². The van der Waals surface area contributed by atoms with Crippen molar-refractivity contribution in [1.29, 1.82) is 0 Å². The summed E-state index contributed by atoms with van der Waals surface area (Å²) in [6.45, 7) is 4.67. The van der Waals surface area contributed by atoms with Crippen LogP contribution < -0.4 is 10.6 Å². The Bertz CT molecular complexity index is 464. The molecule has 21 heavy (non-hydrogen) atoms. The van der Waals surface area contributed by atoms with Crippen LogP contribution in [0.3, 0.4) is 0 Å². The molecule has 0 unspecified atom stereocenters. The van der Waals surface area contributed by atoms with E-state index in [1.807, 2.05) is 0 Å². The number of unbranched alkanes of at least 4 members (excludes halogenated alkanes) is 3. The molecule has 0 aliphatic carbocycles. The normalized spacial score (nSPS) is 11.5. The summed E-state index contributed by atoms with van der Waals surface area (Å²) in [5, 5.41) is 3.16. The first-order valence-electron chi connectivity index (χ1n) is 8.32. The van der Waals surface area contributed by atoms with E-state index in [9.17, 15) is 0 Å². The monoisotopic (exact) mass is 299 g/mol. The van der Waals surface area contributed by atoms with Crippen molar-refractivity contribution in [2.24, 2.45) is 0 Å². The topological polar surface area (TPSA) is 0 Å². The van der Waals surface area contributed by atoms with Gasteiger partial charge in [0.25, 0.3) is 0 Å². The van der Waals surface area contributed by atoms with Crippen molar-refractivity contribution < 1.29 is 0 Å². The maximum Gasteiger partial charge on any atom is 0.0991 e. The zero-order chi connectivity index (χ0) is 15.0. The molecule has 0 aliphatic heterocycles. The standard InChI is InChI=1S/C20H28P/c1-3-5-6-13-18-21(4-2,19-14-9-7-10-15-19)20-16-11-8-12-17-20/h7-12,14-17H,3-6,13,18H2,1-2H3/q+1. The van der Waals surface area contributed by atoms with Crippen molar-refractivity contribution in [3.8, 4) is 0 Å². The van der Waals surface area contributed by atoms with E-state index in [1.165, 1.54) is 38.0 Å². The number of hydrogen-bond acceptors (Lipinski definition) is 0. The summed E-state index contributed by atoms with van der Waals surface area (Å²) in [4.78, 5) is 0. The molecule has 0 bridgehead atoms. The molecule has 0 spiro atoms. The van der Waals surface area contributed by atoms with Gasteiger partial charge in [0.2, 0.25) is 0 Å². The summed E-state index contributed by atoms with van der Waals surface area (Å²) in [5.41, 5.74) is 0. The maximum atomic E-state index is 2.38. The summed E-state index contributed by atoms with van der Waals surface area (Å²) >= 11 is 0. The molecule has 1 heteroatoms. The minimum atomic E-state index is -1.22. The van der Waals surface area contributed by atoms with E-state index in [0.29, 0.717) is 0 Å². The molecule has 2 rings (SSSR count). The van der Waals surface area contributed by atoms with Crippen LogP contribution in [0.15, 0.2) is 60.7 Å². The predicted molar refractivity (Wildman–Crippen MR) is 98.6 cm³/mol. The van der Waals surface area contributed by atoms with Gasteiger partial charge in [0.05, 0.1) is 30.2 Å². The quantitative estimate of drug-likeness (QED) is 0.461. The molecular formula is C20H28P+. The molecule has 0 saturated heterocycles. The van der Waals surface area contributed by atoms with Gasteiger partial charge < -0.3 is 0 Å². The Morgan fingerprint density at radius 1 is 0.667 bits per heavy atom. The Morgan fingerprint density at radius 3 is 1.62 bits per heavy atom. The Morgan fingerprint density at radius 2 is 1.19 bits per heavy atom. The minimum Gasteiger partial charge on any atom is -0.0654 e. The summed E-state index contributed by atoms with van der Waals surface area (Å²) in [6.07, 6.45) is 8.05. The first-order chi connectivity index (χ1) is 10.3. The van der Waals surface area contributed by atoms with Crippen LogP contribution in [0.2, 0.25) is 0 Å².